The van der Waals surface area contributed by atoms with Gasteiger partial charge in [0, 0.05) is 19.2 Å². The summed E-state index contributed by atoms with van der Waals surface area (Å²) in [7, 11) is 0. The van der Waals surface area contributed by atoms with Gasteiger partial charge in [0.15, 0.2) is 0 Å². The Balaban J connectivity index is 1.18. The van der Waals surface area contributed by atoms with Gasteiger partial charge in [0.25, 0.3) is 0 Å². The molecule has 0 heterocycles. The number of benzene rings is 3. The molecule has 0 aliphatic heterocycles. The molecule has 0 spiro atoms. The molecule has 0 saturated carbocycles. The maximum absolute atomic E-state index is 10.1. The van der Waals surface area contributed by atoms with Gasteiger partial charge >= 0.3 is 0 Å². The number of rotatable bonds is 13. The molecule has 0 aromatic heterocycles. The molecule has 0 radical (unpaired) electrons. The molecule has 31 heavy (non-hydrogen) atoms. The van der Waals surface area contributed by atoms with E-state index in [1.165, 1.54) is 34.5 Å². The van der Waals surface area contributed by atoms with Gasteiger partial charge in [0.05, 0.1) is 12.7 Å². The number of hydrogen-bond acceptors (Lipinski definition) is 5. The normalized spacial score (nSPS) is 12.3. The number of aliphatic hydroxyl groups excluding tert-OH is 1. The summed E-state index contributed by atoms with van der Waals surface area (Å²) in [6, 6.07) is 19.2. The summed E-state index contributed by atoms with van der Waals surface area (Å²) in [5, 5.41) is 34.9. The third-order valence-corrected chi connectivity index (χ3v) is 5.39. The van der Waals surface area contributed by atoms with Crippen LogP contribution < -0.4 is 5.32 Å². The van der Waals surface area contributed by atoms with E-state index in [4.69, 9.17) is 4.74 Å². The third kappa shape index (κ3) is 7.87. The van der Waals surface area contributed by atoms with Crippen LogP contribution in [0.25, 0.3) is 10.8 Å². The van der Waals surface area contributed by atoms with E-state index in [9.17, 15) is 15.3 Å². The smallest absolute Gasteiger partial charge is 0.119 e. The largest absolute Gasteiger partial charge is 0.508 e. The van der Waals surface area contributed by atoms with Crippen LogP contribution in [0.1, 0.15) is 42.9 Å². The van der Waals surface area contributed by atoms with E-state index in [1.54, 1.807) is 0 Å². The number of nitrogens with one attached hydrogen (secondary N) is 1. The Morgan fingerprint density at radius 1 is 0.774 bits per heavy atom. The second kappa shape index (κ2) is 12.3. The maximum atomic E-state index is 10.1. The van der Waals surface area contributed by atoms with Crippen LogP contribution in [-0.2, 0) is 11.2 Å². The average molecular weight is 424 g/mol. The number of hydrogen-bond donors (Lipinski definition) is 4. The molecule has 0 aliphatic carbocycles. The maximum Gasteiger partial charge on any atom is 0.119 e. The average Bonchev–Trinajstić information content (AvgIpc) is 2.76. The lowest BCUT2D eigenvalue weighted by molar-refractivity contribution is 0.133. The van der Waals surface area contributed by atoms with E-state index >= 15 is 0 Å². The summed E-state index contributed by atoms with van der Waals surface area (Å²) < 4.78 is 5.79. The van der Waals surface area contributed by atoms with Crippen molar-refractivity contribution in [3.63, 3.8) is 0 Å². The first kappa shape index (κ1) is 23.1. The molecule has 166 valence electrons. The Hall–Kier alpha value is -2.60. The van der Waals surface area contributed by atoms with Crippen molar-refractivity contribution in [1.29, 1.82) is 0 Å². The Morgan fingerprint density at radius 2 is 1.52 bits per heavy atom. The monoisotopic (exact) mass is 423 g/mol. The minimum atomic E-state index is -0.756. The van der Waals surface area contributed by atoms with Crippen LogP contribution in [0.15, 0.2) is 60.7 Å². The summed E-state index contributed by atoms with van der Waals surface area (Å²) in [5.41, 5.74) is 1.82. The van der Waals surface area contributed by atoms with Gasteiger partial charge in [0.2, 0.25) is 0 Å². The van der Waals surface area contributed by atoms with Gasteiger partial charge in [-0.3, -0.25) is 0 Å². The fraction of sp³-hybridized carbons (Fsp3) is 0.385. The second-order valence-electron chi connectivity index (χ2n) is 7.96. The van der Waals surface area contributed by atoms with Crippen molar-refractivity contribution >= 4 is 10.8 Å². The number of fused-ring (bicyclic) bond motifs is 1. The zero-order valence-electron chi connectivity index (χ0n) is 18.0. The van der Waals surface area contributed by atoms with Gasteiger partial charge in [0.1, 0.15) is 11.5 Å². The summed E-state index contributed by atoms with van der Waals surface area (Å²) in [5.74, 6) is -0.0953. The first-order chi connectivity index (χ1) is 15.1. The van der Waals surface area contributed by atoms with Crippen molar-refractivity contribution in [3.8, 4) is 11.5 Å². The molecule has 4 N–H and O–H groups in total. The van der Waals surface area contributed by atoms with E-state index in [0.717, 1.165) is 51.9 Å². The van der Waals surface area contributed by atoms with Crippen molar-refractivity contribution < 1.29 is 20.1 Å². The molecule has 1 atom stereocenters. The van der Waals surface area contributed by atoms with Crippen LogP contribution in [-0.4, -0.2) is 41.6 Å². The van der Waals surface area contributed by atoms with Crippen LogP contribution in [0.4, 0.5) is 0 Å². The van der Waals surface area contributed by atoms with Crippen LogP contribution in [0, 0.1) is 0 Å². The standard InChI is InChI=1S/C26H33NO4/c28-24-16-23(17-25(29)18-24)26(30)19-27-12-5-1-2-6-13-31-14-11-20-9-10-21-7-3-4-8-22(21)15-20/h3-4,7-10,15-18,26-30H,1-2,5-6,11-14,19H2. The summed E-state index contributed by atoms with van der Waals surface area (Å²) >= 11 is 0. The van der Waals surface area contributed by atoms with Crippen molar-refractivity contribution in [2.24, 2.45) is 0 Å². The predicted octanol–water partition coefficient (Wildman–Crippen LogP) is 4.69. The van der Waals surface area contributed by atoms with E-state index in [1.807, 2.05) is 0 Å². The van der Waals surface area contributed by atoms with Crippen molar-refractivity contribution in [2.45, 2.75) is 38.2 Å². The Morgan fingerprint density at radius 3 is 2.32 bits per heavy atom. The Kier molecular flexibility index (Phi) is 9.16. The minimum absolute atomic E-state index is 0.0477. The minimum Gasteiger partial charge on any atom is -0.508 e. The number of ether oxygens (including phenoxy) is 1. The number of aromatic hydroxyl groups is 2. The third-order valence-electron chi connectivity index (χ3n) is 5.39. The fourth-order valence-electron chi connectivity index (χ4n) is 3.66. The molecule has 5 nitrogen and oxygen atoms in total. The molecule has 3 aromatic rings. The lowest BCUT2D eigenvalue weighted by atomic mass is 10.1. The lowest BCUT2D eigenvalue weighted by Crippen LogP contribution is -2.22. The van der Waals surface area contributed by atoms with Crippen LogP contribution in [0.2, 0.25) is 0 Å². The van der Waals surface area contributed by atoms with Gasteiger partial charge in [-0.1, -0.05) is 55.3 Å². The predicted molar refractivity (Wildman–Crippen MR) is 125 cm³/mol. The van der Waals surface area contributed by atoms with E-state index in [-0.39, 0.29) is 11.5 Å². The summed E-state index contributed by atoms with van der Waals surface area (Å²) in [4.78, 5) is 0. The zero-order chi connectivity index (χ0) is 21.9. The molecule has 5 heteroatoms. The Labute approximate surface area is 184 Å². The molecular weight excluding hydrogens is 390 g/mol. The van der Waals surface area contributed by atoms with Gasteiger partial charge in [-0.25, -0.2) is 0 Å². The highest BCUT2D eigenvalue weighted by molar-refractivity contribution is 5.82. The van der Waals surface area contributed by atoms with Crippen molar-refractivity contribution in [3.05, 3.63) is 71.8 Å². The summed E-state index contributed by atoms with van der Waals surface area (Å²) in [6.07, 6.45) is 4.52. The number of phenolic OH excluding ortho intramolecular Hbond substituents is 2. The number of phenols is 2. The molecular formula is C26H33NO4. The SMILES string of the molecule is Oc1cc(O)cc(C(O)CNCCCCCCOCCc2ccc3ccccc3c2)c1. The zero-order valence-corrected chi connectivity index (χ0v) is 18.0. The van der Waals surface area contributed by atoms with Gasteiger partial charge in [-0.2, -0.15) is 0 Å². The van der Waals surface area contributed by atoms with Crippen LogP contribution >= 0.6 is 0 Å². The molecule has 3 rings (SSSR count). The number of unbranched alkanes of at least 4 members (excludes halogenated alkanes) is 3. The first-order valence-electron chi connectivity index (χ1n) is 11.1. The fourth-order valence-corrected chi connectivity index (χ4v) is 3.66. The highest BCUT2D eigenvalue weighted by atomic mass is 16.5. The first-order valence-corrected chi connectivity index (χ1v) is 11.1. The quantitative estimate of drug-likeness (QED) is 0.300. The lowest BCUT2D eigenvalue weighted by Gasteiger charge is -2.13. The van der Waals surface area contributed by atoms with Gasteiger partial charge in [-0.15, -0.1) is 0 Å². The van der Waals surface area contributed by atoms with Crippen molar-refractivity contribution in [1.82, 2.24) is 5.32 Å². The molecule has 0 fully saturated rings. The molecule has 0 aliphatic rings. The molecule has 3 aromatic carbocycles. The van der Waals surface area contributed by atoms with E-state index in [0.29, 0.717) is 12.1 Å². The van der Waals surface area contributed by atoms with Crippen LogP contribution in [0.5, 0.6) is 11.5 Å². The van der Waals surface area contributed by atoms with E-state index < -0.39 is 6.10 Å². The molecule has 1 unspecified atom stereocenters. The molecule has 0 bridgehead atoms. The van der Waals surface area contributed by atoms with Gasteiger partial charge < -0.3 is 25.4 Å². The molecule has 0 amide bonds. The highest BCUT2D eigenvalue weighted by Gasteiger charge is 2.09. The summed E-state index contributed by atoms with van der Waals surface area (Å²) in [6.45, 7) is 2.76. The van der Waals surface area contributed by atoms with E-state index in [2.05, 4.69) is 47.8 Å². The van der Waals surface area contributed by atoms with Gasteiger partial charge in [-0.05, 0) is 59.8 Å². The topological polar surface area (TPSA) is 82.0 Å². The second-order valence-corrected chi connectivity index (χ2v) is 7.96. The molecule has 0 saturated heterocycles. The number of aliphatic hydroxyl groups is 1. The van der Waals surface area contributed by atoms with Crippen LogP contribution in [0.3, 0.4) is 0 Å². The van der Waals surface area contributed by atoms with Crippen molar-refractivity contribution in [2.75, 3.05) is 26.3 Å². The highest BCUT2D eigenvalue weighted by Crippen LogP contribution is 2.24. The Bertz CT molecular complexity index is 923.